The minimum Gasteiger partial charge on any atom is -0.361 e. The summed E-state index contributed by atoms with van der Waals surface area (Å²) in [6.07, 6.45) is 6.02. The van der Waals surface area contributed by atoms with Gasteiger partial charge in [-0.25, -0.2) is 0 Å². The van der Waals surface area contributed by atoms with Crippen LogP contribution < -0.4 is 0 Å². The summed E-state index contributed by atoms with van der Waals surface area (Å²) < 4.78 is 5.52. The molecule has 1 nitrogen and oxygen atoms in total. The van der Waals surface area contributed by atoms with Crippen molar-refractivity contribution >= 4 is 0 Å². The Hall–Kier alpha value is 0.414. The molecule has 1 aliphatic carbocycles. The molecular formula is C13H27OTi-5. The quantitative estimate of drug-likeness (QED) is 0.295. The predicted octanol–water partition coefficient (Wildman–Crippen LogP) is 3.99. The van der Waals surface area contributed by atoms with Gasteiger partial charge in [0.2, 0.25) is 0 Å². The Balaban J connectivity index is -0.0000000556. The normalized spacial score (nSPS) is 27.5. The summed E-state index contributed by atoms with van der Waals surface area (Å²) >= 11 is 0. The summed E-state index contributed by atoms with van der Waals surface area (Å²) in [5.41, 5.74) is 0.250. The zero-order valence-electron chi connectivity index (χ0n) is 11.4. The topological polar surface area (TPSA) is 12.5 Å². The molecule has 2 aliphatic rings. The molecule has 1 saturated heterocycles. The van der Waals surface area contributed by atoms with Crippen molar-refractivity contribution in [2.75, 3.05) is 0 Å². The first-order chi connectivity index (χ1) is 4.26. The van der Waals surface area contributed by atoms with Crippen LogP contribution in [-0.4, -0.2) is 11.7 Å². The summed E-state index contributed by atoms with van der Waals surface area (Å²) in [6.45, 7) is 4.46. The summed E-state index contributed by atoms with van der Waals surface area (Å²) in [4.78, 5) is 0. The molecule has 0 saturated carbocycles. The Kier molecular flexibility index (Phi) is 19.0. The van der Waals surface area contributed by atoms with Gasteiger partial charge in [-0.05, 0) is 12.3 Å². The van der Waals surface area contributed by atoms with Crippen LogP contribution in [0.15, 0.2) is 12.2 Å². The fraction of sp³-hybridized carbons (Fsp3) is 0.462. The first-order valence-electron chi connectivity index (χ1n) is 3.60. The molecule has 0 aromatic carbocycles. The second kappa shape index (κ2) is 9.63. The van der Waals surface area contributed by atoms with E-state index in [-0.39, 0.29) is 64.5 Å². The van der Waals surface area contributed by atoms with E-state index in [0.717, 1.165) is 6.42 Å². The SMILES string of the molecule is CC(C)C12CC=CC1O2.[CH3-].[CH3-].[CH3-].[CH3-].[CH3-].[Ti]. The van der Waals surface area contributed by atoms with Crippen LogP contribution in [0, 0.1) is 43.1 Å². The van der Waals surface area contributed by atoms with Gasteiger partial charge in [-0.3, -0.25) is 0 Å². The maximum absolute atomic E-state index is 5.52. The van der Waals surface area contributed by atoms with Crippen LogP contribution in [0.4, 0.5) is 0 Å². The van der Waals surface area contributed by atoms with Crippen molar-refractivity contribution in [1.29, 1.82) is 0 Å². The second-order valence-corrected chi connectivity index (χ2v) is 3.28. The maximum atomic E-state index is 5.52. The van der Waals surface area contributed by atoms with Gasteiger partial charge in [0.05, 0.1) is 0 Å². The average Bonchev–Trinajstić information content (AvgIpc) is 2.38. The Morgan fingerprint density at radius 2 is 1.60 bits per heavy atom. The Morgan fingerprint density at radius 1 is 1.13 bits per heavy atom. The zero-order chi connectivity index (χ0) is 6.48. The molecule has 0 bridgehead atoms. The fourth-order valence-electron chi connectivity index (χ4n) is 1.64. The molecule has 2 heteroatoms. The van der Waals surface area contributed by atoms with E-state index in [4.69, 9.17) is 4.74 Å². The fourth-order valence-corrected chi connectivity index (χ4v) is 1.64. The van der Waals surface area contributed by atoms with Crippen LogP contribution in [0.3, 0.4) is 0 Å². The molecular weight excluding hydrogens is 220 g/mol. The Labute approximate surface area is 114 Å². The first kappa shape index (κ1) is 29.5. The van der Waals surface area contributed by atoms with Crippen LogP contribution in [0.2, 0.25) is 0 Å². The molecule has 1 heterocycles. The van der Waals surface area contributed by atoms with Gasteiger partial charge in [-0.15, -0.1) is 0 Å². The first-order valence-corrected chi connectivity index (χ1v) is 3.60. The molecule has 2 rings (SSSR count). The number of rotatable bonds is 1. The maximum Gasteiger partial charge on any atom is 0.106 e. The molecule has 15 heavy (non-hydrogen) atoms. The Bertz CT molecular complexity index is 166. The Morgan fingerprint density at radius 3 is 1.73 bits per heavy atom. The van der Waals surface area contributed by atoms with Gasteiger partial charge in [0.1, 0.15) is 11.7 Å². The van der Waals surface area contributed by atoms with Crippen LogP contribution in [0.1, 0.15) is 20.3 Å². The third kappa shape index (κ3) is 4.42. The number of fused-ring (bicyclic) bond motifs is 1. The third-order valence-corrected chi connectivity index (χ3v) is 2.50. The van der Waals surface area contributed by atoms with Crippen molar-refractivity contribution in [3.8, 4) is 0 Å². The number of ether oxygens (including phenoxy) is 1. The molecule has 0 spiro atoms. The molecule has 0 N–H and O–H groups in total. The predicted molar refractivity (Wildman–Crippen MR) is 68.3 cm³/mol. The van der Waals surface area contributed by atoms with E-state index < -0.39 is 0 Å². The molecule has 0 aromatic heterocycles. The molecule has 0 amide bonds. The smallest absolute Gasteiger partial charge is 0.106 e. The minimum atomic E-state index is 0. The van der Waals surface area contributed by atoms with E-state index in [1.54, 1.807) is 0 Å². The van der Waals surface area contributed by atoms with Crippen LogP contribution in [-0.2, 0) is 26.5 Å². The van der Waals surface area contributed by atoms with Crippen molar-refractivity contribution in [1.82, 2.24) is 0 Å². The van der Waals surface area contributed by atoms with Crippen molar-refractivity contribution in [3.63, 3.8) is 0 Å². The molecule has 1 fully saturated rings. The van der Waals surface area contributed by atoms with Crippen molar-refractivity contribution in [2.24, 2.45) is 5.92 Å². The van der Waals surface area contributed by atoms with E-state index in [2.05, 4.69) is 26.0 Å². The van der Waals surface area contributed by atoms with E-state index >= 15 is 0 Å². The van der Waals surface area contributed by atoms with Gasteiger partial charge in [-0.1, -0.05) is 26.0 Å². The molecule has 1 aliphatic heterocycles. The van der Waals surface area contributed by atoms with Gasteiger partial charge in [0.25, 0.3) is 0 Å². The number of epoxide rings is 1. The summed E-state index contributed by atoms with van der Waals surface area (Å²) in [7, 11) is 0. The van der Waals surface area contributed by atoms with Crippen LogP contribution in [0.25, 0.3) is 0 Å². The van der Waals surface area contributed by atoms with E-state index in [9.17, 15) is 0 Å². The summed E-state index contributed by atoms with van der Waals surface area (Å²) in [6, 6.07) is 0. The average molecular weight is 247 g/mol. The van der Waals surface area contributed by atoms with Gasteiger partial charge >= 0.3 is 0 Å². The molecule has 2 unspecified atom stereocenters. The number of hydrogen-bond donors (Lipinski definition) is 0. The minimum absolute atomic E-state index is 0. The number of hydrogen-bond acceptors (Lipinski definition) is 1. The van der Waals surface area contributed by atoms with Crippen molar-refractivity contribution < 1.29 is 26.5 Å². The van der Waals surface area contributed by atoms with Crippen molar-refractivity contribution in [2.45, 2.75) is 32.0 Å². The van der Waals surface area contributed by atoms with Crippen molar-refractivity contribution in [3.05, 3.63) is 49.3 Å². The molecule has 0 radical (unpaired) electrons. The molecule has 2 atom stereocenters. The van der Waals surface area contributed by atoms with Gasteiger partial charge in [-0.2, -0.15) is 0 Å². The van der Waals surface area contributed by atoms with E-state index in [1.165, 1.54) is 0 Å². The van der Waals surface area contributed by atoms with Gasteiger partial charge < -0.3 is 41.9 Å². The van der Waals surface area contributed by atoms with Crippen LogP contribution in [0.5, 0.6) is 0 Å². The largest absolute Gasteiger partial charge is 0.361 e. The van der Waals surface area contributed by atoms with Crippen LogP contribution >= 0.6 is 0 Å². The molecule has 94 valence electrons. The summed E-state index contributed by atoms with van der Waals surface area (Å²) in [5.74, 6) is 0.678. The molecule has 0 aromatic rings. The van der Waals surface area contributed by atoms with Gasteiger partial charge in [0.15, 0.2) is 0 Å². The zero-order valence-corrected chi connectivity index (χ0v) is 13.0. The van der Waals surface area contributed by atoms with E-state index in [0.29, 0.717) is 12.0 Å². The van der Waals surface area contributed by atoms with E-state index in [1.807, 2.05) is 0 Å². The van der Waals surface area contributed by atoms with Gasteiger partial charge in [0, 0.05) is 21.7 Å². The second-order valence-electron chi connectivity index (χ2n) is 3.28. The monoisotopic (exact) mass is 247 g/mol. The standard InChI is InChI=1S/C8H12O.5CH3.Ti/c1-6(2)8-5-3-4-7(8)9-8;;;;;;/h3-4,6-7H,5H2,1-2H3;5*1H3;/q;5*-1;. The third-order valence-electron chi connectivity index (χ3n) is 2.50. The summed E-state index contributed by atoms with van der Waals surface area (Å²) in [5, 5.41) is 0.